The molecule has 35 heavy (non-hydrogen) atoms. The SMILES string of the molecule is Cc1ccc(OCCN2CCC(C)(Cc3ccc(OCCCN4CCN(C)CC4)cc3)CC2)cc1. The van der Waals surface area contributed by atoms with Gasteiger partial charge in [-0.2, -0.15) is 0 Å². The third-order valence-electron chi connectivity index (χ3n) is 7.80. The molecule has 2 aromatic rings. The molecule has 5 heteroatoms. The zero-order chi connectivity index (χ0) is 24.5. The van der Waals surface area contributed by atoms with Gasteiger partial charge in [0, 0.05) is 39.3 Å². The summed E-state index contributed by atoms with van der Waals surface area (Å²) in [4.78, 5) is 7.51. The van der Waals surface area contributed by atoms with Crippen LogP contribution in [0.1, 0.15) is 37.3 Å². The Morgan fingerprint density at radius 1 is 0.714 bits per heavy atom. The van der Waals surface area contributed by atoms with E-state index in [2.05, 4.69) is 84.1 Å². The van der Waals surface area contributed by atoms with Crippen molar-refractivity contribution in [1.82, 2.24) is 14.7 Å². The van der Waals surface area contributed by atoms with Gasteiger partial charge in [0.15, 0.2) is 0 Å². The standard InChI is InChI=1S/C30H45N3O2/c1-26-5-9-28(10-6-26)35-24-22-33-16-13-30(2,14-17-33)25-27-7-11-29(12-8-27)34-23-4-15-32-20-18-31(3)19-21-32/h5-12H,4,13-25H2,1-3H3. The van der Waals surface area contributed by atoms with Crippen LogP contribution in [0.2, 0.25) is 0 Å². The third-order valence-corrected chi connectivity index (χ3v) is 7.80. The molecule has 2 aliphatic heterocycles. The lowest BCUT2D eigenvalue weighted by atomic mass is 9.75. The van der Waals surface area contributed by atoms with E-state index in [1.165, 1.54) is 50.1 Å². The van der Waals surface area contributed by atoms with Gasteiger partial charge in [-0.1, -0.05) is 36.8 Å². The predicted octanol–water partition coefficient (Wildman–Crippen LogP) is 4.73. The van der Waals surface area contributed by atoms with Crippen LogP contribution in [-0.2, 0) is 6.42 Å². The molecule has 0 bridgehead atoms. The first-order valence-electron chi connectivity index (χ1n) is 13.5. The first-order chi connectivity index (χ1) is 17.0. The number of ether oxygens (including phenoxy) is 2. The summed E-state index contributed by atoms with van der Waals surface area (Å²) in [6.45, 7) is 15.3. The topological polar surface area (TPSA) is 28.2 Å². The summed E-state index contributed by atoms with van der Waals surface area (Å²) in [7, 11) is 2.21. The number of nitrogens with zero attached hydrogens (tertiary/aromatic N) is 3. The molecule has 4 rings (SSSR count). The minimum absolute atomic E-state index is 0.374. The third kappa shape index (κ3) is 8.52. The van der Waals surface area contributed by atoms with E-state index < -0.39 is 0 Å². The van der Waals surface area contributed by atoms with Crippen LogP contribution < -0.4 is 9.47 Å². The van der Waals surface area contributed by atoms with Crippen molar-refractivity contribution in [1.29, 1.82) is 0 Å². The lowest BCUT2D eigenvalue weighted by molar-refractivity contribution is 0.104. The maximum Gasteiger partial charge on any atom is 0.119 e. The second-order valence-electron chi connectivity index (χ2n) is 11.0. The Labute approximate surface area is 213 Å². The molecule has 0 N–H and O–H groups in total. The highest BCUT2D eigenvalue weighted by molar-refractivity contribution is 5.28. The fourth-order valence-electron chi connectivity index (χ4n) is 5.17. The first kappa shape index (κ1) is 26.0. The number of hydrogen-bond acceptors (Lipinski definition) is 5. The van der Waals surface area contributed by atoms with Gasteiger partial charge in [0.1, 0.15) is 18.1 Å². The van der Waals surface area contributed by atoms with Crippen LogP contribution in [0.3, 0.4) is 0 Å². The highest BCUT2D eigenvalue weighted by atomic mass is 16.5. The number of likely N-dealkylation sites (tertiary alicyclic amines) is 1. The van der Waals surface area contributed by atoms with Crippen molar-refractivity contribution < 1.29 is 9.47 Å². The normalized spacial score (nSPS) is 19.5. The van der Waals surface area contributed by atoms with E-state index in [-0.39, 0.29) is 0 Å². The molecule has 2 saturated heterocycles. The Kier molecular flexibility index (Phi) is 9.47. The minimum atomic E-state index is 0.374. The Morgan fingerprint density at radius 3 is 1.94 bits per heavy atom. The van der Waals surface area contributed by atoms with Crippen LogP contribution in [0.25, 0.3) is 0 Å². The largest absolute Gasteiger partial charge is 0.494 e. The molecule has 0 unspecified atom stereocenters. The molecule has 2 aromatic carbocycles. The number of rotatable bonds is 11. The van der Waals surface area contributed by atoms with E-state index in [1.807, 2.05) is 0 Å². The number of piperidine rings is 1. The molecule has 192 valence electrons. The molecular formula is C30H45N3O2. The quantitative estimate of drug-likeness (QED) is 0.434. The van der Waals surface area contributed by atoms with E-state index in [9.17, 15) is 0 Å². The van der Waals surface area contributed by atoms with Crippen LogP contribution >= 0.6 is 0 Å². The molecule has 0 saturated carbocycles. The Hall–Kier alpha value is -2.08. The molecule has 2 fully saturated rings. The van der Waals surface area contributed by atoms with E-state index >= 15 is 0 Å². The number of benzene rings is 2. The van der Waals surface area contributed by atoms with Crippen LogP contribution in [0.4, 0.5) is 0 Å². The van der Waals surface area contributed by atoms with Crippen molar-refractivity contribution in [3.63, 3.8) is 0 Å². The second-order valence-corrected chi connectivity index (χ2v) is 11.0. The van der Waals surface area contributed by atoms with Crippen LogP contribution in [0.15, 0.2) is 48.5 Å². The smallest absolute Gasteiger partial charge is 0.119 e. The molecular weight excluding hydrogens is 434 g/mol. The zero-order valence-electron chi connectivity index (χ0n) is 22.2. The Balaban J connectivity index is 1.11. The van der Waals surface area contributed by atoms with Gasteiger partial charge in [-0.25, -0.2) is 0 Å². The van der Waals surface area contributed by atoms with Crippen LogP contribution in [0.5, 0.6) is 11.5 Å². The summed E-state index contributed by atoms with van der Waals surface area (Å²) in [5, 5.41) is 0. The van der Waals surface area contributed by atoms with E-state index in [1.54, 1.807) is 0 Å². The van der Waals surface area contributed by atoms with Crippen LogP contribution in [0, 0.1) is 12.3 Å². The van der Waals surface area contributed by atoms with Gasteiger partial charge in [-0.3, -0.25) is 4.90 Å². The predicted molar refractivity (Wildman–Crippen MR) is 145 cm³/mol. The summed E-state index contributed by atoms with van der Waals surface area (Å²) in [6.07, 6.45) is 4.71. The Morgan fingerprint density at radius 2 is 1.29 bits per heavy atom. The van der Waals surface area contributed by atoms with E-state index in [0.717, 1.165) is 63.7 Å². The molecule has 0 aliphatic carbocycles. The monoisotopic (exact) mass is 479 g/mol. The van der Waals surface area contributed by atoms with Crippen molar-refractivity contribution >= 4 is 0 Å². The minimum Gasteiger partial charge on any atom is -0.494 e. The highest BCUT2D eigenvalue weighted by Crippen LogP contribution is 2.34. The maximum absolute atomic E-state index is 6.02. The summed E-state index contributed by atoms with van der Waals surface area (Å²) in [5.74, 6) is 1.97. The fourth-order valence-corrected chi connectivity index (χ4v) is 5.17. The van der Waals surface area contributed by atoms with Gasteiger partial charge in [0.25, 0.3) is 0 Å². The maximum atomic E-state index is 6.02. The summed E-state index contributed by atoms with van der Waals surface area (Å²) >= 11 is 0. The molecule has 0 radical (unpaired) electrons. The summed E-state index contributed by atoms with van der Waals surface area (Å²) in [5.41, 5.74) is 3.07. The van der Waals surface area contributed by atoms with Gasteiger partial charge in [-0.15, -0.1) is 0 Å². The van der Waals surface area contributed by atoms with Gasteiger partial charge in [0.05, 0.1) is 6.61 Å². The van der Waals surface area contributed by atoms with Crippen molar-refractivity contribution in [3.05, 3.63) is 59.7 Å². The van der Waals surface area contributed by atoms with E-state index in [4.69, 9.17) is 9.47 Å². The number of likely N-dealkylation sites (N-methyl/N-ethyl adjacent to an activating group) is 1. The van der Waals surface area contributed by atoms with Crippen molar-refractivity contribution in [2.75, 3.05) is 72.6 Å². The molecule has 5 nitrogen and oxygen atoms in total. The Bertz CT molecular complexity index is 867. The lowest BCUT2D eigenvalue weighted by Gasteiger charge is -2.39. The number of aryl methyl sites for hydroxylation is 1. The van der Waals surface area contributed by atoms with E-state index in [0.29, 0.717) is 5.41 Å². The first-order valence-corrected chi connectivity index (χ1v) is 13.5. The van der Waals surface area contributed by atoms with Crippen molar-refractivity contribution in [2.45, 2.75) is 39.5 Å². The highest BCUT2D eigenvalue weighted by Gasteiger charge is 2.30. The molecule has 0 aromatic heterocycles. The fraction of sp³-hybridized carbons (Fsp3) is 0.600. The zero-order valence-corrected chi connectivity index (χ0v) is 22.2. The van der Waals surface area contributed by atoms with Crippen molar-refractivity contribution in [3.8, 4) is 11.5 Å². The van der Waals surface area contributed by atoms with Gasteiger partial charge in [0.2, 0.25) is 0 Å². The average Bonchev–Trinajstić information content (AvgIpc) is 2.86. The van der Waals surface area contributed by atoms with Crippen molar-refractivity contribution in [2.24, 2.45) is 5.41 Å². The molecule has 0 amide bonds. The van der Waals surface area contributed by atoms with Gasteiger partial charge in [-0.05, 0) is 88.0 Å². The number of hydrogen-bond donors (Lipinski definition) is 0. The lowest BCUT2D eigenvalue weighted by Crippen LogP contribution is -2.44. The van der Waals surface area contributed by atoms with Gasteiger partial charge < -0.3 is 19.3 Å². The average molecular weight is 480 g/mol. The number of piperazine rings is 1. The summed E-state index contributed by atoms with van der Waals surface area (Å²) in [6, 6.07) is 17.2. The summed E-state index contributed by atoms with van der Waals surface area (Å²) < 4.78 is 12.0. The molecule has 2 heterocycles. The van der Waals surface area contributed by atoms with Crippen LogP contribution in [-0.4, -0.2) is 87.3 Å². The molecule has 2 aliphatic rings. The second kappa shape index (κ2) is 12.8. The molecule has 0 atom stereocenters. The molecule has 0 spiro atoms. The van der Waals surface area contributed by atoms with Gasteiger partial charge >= 0.3 is 0 Å².